The monoisotopic (exact) mass is 392 g/mol. The summed E-state index contributed by atoms with van der Waals surface area (Å²) in [5, 5.41) is 2.58. The molecule has 6 nitrogen and oxygen atoms in total. The molecule has 1 aliphatic rings. The normalized spacial score (nSPS) is 14.5. The van der Waals surface area contributed by atoms with Crippen molar-refractivity contribution in [3.63, 3.8) is 0 Å². The Balaban J connectivity index is 1.45. The summed E-state index contributed by atoms with van der Waals surface area (Å²) in [6, 6.07) is 17.8. The average molecular weight is 392 g/mol. The van der Waals surface area contributed by atoms with Crippen molar-refractivity contribution < 1.29 is 19.1 Å². The maximum absolute atomic E-state index is 12.3. The molecule has 6 heteroatoms. The first-order chi connectivity index (χ1) is 14.0. The van der Waals surface area contributed by atoms with Gasteiger partial charge in [-0.3, -0.25) is 9.59 Å². The van der Waals surface area contributed by atoms with Gasteiger partial charge in [-0.15, -0.1) is 0 Å². The second-order valence-corrected chi connectivity index (χ2v) is 6.85. The molecule has 0 saturated carbocycles. The van der Waals surface area contributed by atoms with E-state index < -0.39 is 12.0 Å². The molecule has 3 rings (SSSR count). The maximum atomic E-state index is 12.3. The third kappa shape index (κ3) is 5.54. The molecule has 0 aromatic heterocycles. The topological polar surface area (TPSA) is 75.7 Å². The quantitative estimate of drug-likeness (QED) is 0.767. The van der Waals surface area contributed by atoms with Crippen molar-refractivity contribution in [3.8, 4) is 0 Å². The van der Waals surface area contributed by atoms with Crippen molar-refractivity contribution in [3.05, 3.63) is 77.9 Å². The van der Waals surface area contributed by atoms with Crippen molar-refractivity contribution in [2.24, 2.45) is 0 Å². The van der Waals surface area contributed by atoms with Crippen LogP contribution in [0.25, 0.3) is 5.57 Å². The molecular formula is C23H24N2O4. The Morgan fingerprint density at radius 3 is 2.31 bits per heavy atom. The molecule has 2 amide bonds. The molecule has 0 unspecified atom stereocenters. The number of nitrogens with zero attached hydrogens (tertiary/aromatic N) is 1. The van der Waals surface area contributed by atoms with Crippen molar-refractivity contribution in [2.75, 3.05) is 19.7 Å². The smallest absolute Gasteiger partial charge is 0.328 e. The van der Waals surface area contributed by atoms with Gasteiger partial charge in [-0.1, -0.05) is 54.6 Å². The molecule has 1 N–H and O–H groups in total. The first-order valence-corrected chi connectivity index (χ1v) is 9.59. The summed E-state index contributed by atoms with van der Waals surface area (Å²) in [7, 11) is 0. The highest BCUT2D eigenvalue weighted by Crippen LogP contribution is 2.21. The summed E-state index contributed by atoms with van der Waals surface area (Å²) in [5.74, 6) is -1.25. The summed E-state index contributed by atoms with van der Waals surface area (Å²) in [4.78, 5) is 38.2. The fourth-order valence-electron chi connectivity index (χ4n) is 3.09. The third-order valence-electron chi connectivity index (χ3n) is 4.78. The Hall–Kier alpha value is -3.41. The molecule has 2 aromatic rings. The van der Waals surface area contributed by atoms with Crippen LogP contribution in [0.4, 0.5) is 0 Å². The van der Waals surface area contributed by atoms with E-state index in [4.69, 9.17) is 4.74 Å². The van der Waals surface area contributed by atoms with Gasteiger partial charge in [0.15, 0.2) is 6.61 Å². The number of esters is 1. The Labute approximate surface area is 170 Å². The molecule has 150 valence electrons. The largest absolute Gasteiger partial charge is 0.454 e. The third-order valence-corrected chi connectivity index (χ3v) is 4.78. The lowest BCUT2D eigenvalue weighted by Gasteiger charge is -2.26. The van der Waals surface area contributed by atoms with Gasteiger partial charge in [0.05, 0.1) is 0 Å². The molecule has 0 saturated heterocycles. The van der Waals surface area contributed by atoms with Crippen LogP contribution in [-0.4, -0.2) is 48.4 Å². The Bertz CT molecular complexity index is 894. The van der Waals surface area contributed by atoms with E-state index in [2.05, 4.69) is 17.4 Å². The van der Waals surface area contributed by atoms with Crippen LogP contribution < -0.4 is 5.32 Å². The van der Waals surface area contributed by atoms with E-state index in [1.54, 1.807) is 35.2 Å². The van der Waals surface area contributed by atoms with Crippen LogP contribution in [0.3, 0.4) is 0 Å². The van der Waals surface area contributed by atoms with Gasteiger partial charge in [-0.25, -0.2) is 4.79 Å². The van der Waals surface area contributed by atoms with Crippen LogP contribution in [0, 0.1) is 0 Å². The van der Waals surface area contributed by atoms with Crippen molar-refractivity contribution in [1.82, 2.24) is 10.2 Å². The van der Waals surface area contributed by atoms with Crippen LogP contribution in [-0.2, 0) is 14.3 Å². The van der Waals surface area contributed by atoms with Gasteiger partial charge in [0.25, 0.3) is 11.8 Å². The number of amides is 2. The van der Waals surface area contributed by atoms with Gasteiger partial charge in [0.2, 0.25) is 0 Å². The van der Waals surface area contributed by atoms with Crippen LogP contribution in [0.2, 0.25) is 0 Å². The zero-order chi connectivity index (χ0) is 20.6. The Morgan fingerprint density at radius 2 is 1.69 bits per heavy atom. The first-order valence-electron chi connectivity index (χ1n) is 9.59. The van der Waals surface area contributed by atoms with E-state index >= 15 is 0 Å². The minimum atomic E-state index is -0.846. The molecule has 0 fully saturated rings. The maximum Gasteiger partial charge on any atom is 0.328 e. The SMILES string of the molecule is C[C@H](NC(=O)c1ccccc1)C(=O)OCC(=O)N1CC=C(c2ccccc2)CC1. The molecule has 1 heterocycles. The van der Waals surface area contributed by atoms with Crippen molar-refractivity contribution in [2.45, 2.75) is 19.4 Å². The number of carbonyl (C=O) groups is 3. The fraction of sp³-hybridized carbons (Fsp3) is 0.261. The van der Waals surface area contributed by atoms with Gasteiger partial charge in [-0.05, 0) is 36.6 Å². The summed E-state index contributed by atoms with van der Waals surface area (Å²) >= 11 is 0. The molecular weight excluding hydrogens is 368 g/mol. The summed E-state index contributed by atoms with van der Waals surface area (Å²) in [6.07, 6.45) is 2.79. The zero-order valence-corrected chi connectivity index (χ0v) is 16.3. The van der Waals surface area contributed by atoms with Crippen LogP contribution in [0.1, 0.15) is 29.3 Å². The van der Waals surface area contributed by atoms with E-state index in [1.165, 1.54) is 12.5 Å². The van der Waals surface area contributed by atoms with Crippen molar-refractivity contribution >= 4 is 23.4 Å². The highest BCUT2D eigenvalue weighted by atomic mass is 16.5. The predicted octanol–water partition coefficient (Wildman–Crippen LogP) is 2.66. The molecule has 0 bridgehead atoms. The number of hydrogen-bond acceptors (Lipinski definition) is 4. The number of benzene rings is 2. The predicted molar refractivity (Wildman–Crippen MR) is 110 cm³/mol. The minimum absolute atomic E-state index is 0.247. The highest BCUT2D eigenvalue weighted by molar-refractivity contribution is 5.96. The second-order valence-electron chi connectivity index (χ2n) is 6.85. The zero-order valence-electron chi connectivity index (χ0n) is 16.3. The number of nitrogens with one attached hydrogen (secondary N) is 1. The lowest BCUT2D eigenvalue weighted by Crippen LogP contribution is -2.42. The van der Waals surface area contributed by atoms with Crippen molar-refractivity contribution in [1.29, 1.82) is 0 Å². The van der Waals surface area contributed by atoms with Gasteiger partial charge in [0.1, 0.15) is 6.04 Å². The molecule has 1 atom stereocenters. The minimum Gasteiger partial charge on any atom is -0.454 e. The molecule has 0 spiro atoms. The Kier molecular flexibility index (Phi) is 6.79. The van der Waals surface area contributed by atoms with Crippen LogP contribution in [0.5, 0.6) is 0 Å². The van der Waals surface area contributed by atoms with Crippen LogP contribution >= 0.6 is 0 Å². The first kappa shape index (κ1) is 20.3. The summed E-state index contributed by atoms with van der Waals surface area (Å²) in [5.41, 5.74) is 2.83. The van der Waals surface area contributed by atoms with E-state index in [1.807, 2.05) is 24.3 Å². The molecule has 1 aliphatic heterocycles. The van der Waals surface area contributed by atoms with Gasteiger partial charge < -0.3 is 15.0 Å². The standard InChI is InChI=1S/C23H24N2O4/c1-17(24-22(27)20-10-6-3-7-11-20)23(28)29-16-21(26)25-14-12-19(13-15-25)18-8-4-2-5-9-18/h2-12,17H,13-16H2,1H3,(H,24,27)/t17-/m0/s1. The molecule has 2 aromatic carbocycles. The number of hydrogen-bond donors (Lipinski definition) is 1. The van der Waals surface area contributed by atoms with E-state index in [-0.39, 0.29) is 18.4 Å². The summed E-state index contributed by atoms with van der Waals surface area (Å²) < 4.78 is 5.10. The van der Waals surface area contributed by atoms with Gasteiger partial charge >= 0.3 is 5.97 Å². The van der Waals surface area contributed by atoms with E-state index in [0.717, 1.165) is 12.0 Å². The molecule has 29 heavy (non-hydrogen) atoms. The molecule has 0 radical (unpaired) electrons. The second kappa shape index (κ2) is 9.68. The highest BCUT2D eigenvalue weighted by Gasteiger charge is 2.22. The average Bonchev–Trinajstić information content (AvgIpc) is 2.78. The summed E-state index contributed by atoms with van der Waals surface area (Å²) in [6.45, 7) is 2.26. The lowest BCUT2D eigenvalue weighted by molar-refractivity contribution is -0.153. The van der Waals surface area contributed by atoms with E-state index in [0.29, 0.717) is 18.7 Å². The number of rotatable bonds is 6. The fourth-order valence-corrected chi connectivity index (χ4v) is 3.09. The van der Waals surface area contributed by atoms with Crippen LogP contribution in [0.15, 0.2) is 66.7 Å². The number of ether oxygens (including phenoxy) is 1. The Morgan fingerprint density at radius 1 is 1.03 bits per heavy atom. The van der Waals surface area contributed by atoms with E-state index in [9.17, 15) is 14.4 Å². The van der Waals surface area contributed by atoms with Gasteiger partial charge in [-0.2, -0.15) is 0 Å². The lowest BCUT2D eigenvalue weighted by atomic mass is 10.00. The van der Waals surface area contributed by atoms with Gasteiger partial charge in [0, 0.05) is 18.7 Å². The molecule has 0 aliphatic carbocycles. The number of carbonyl (C=O) groups excluding carboxylic acids is 3.